The number of hydrogen-bond donors (Lipinski definition) is 0. The highest BCUT2D eigenvalue weighted by atomic mass is 16.6. The predicted octanol–water partition coefficient (Wildman–Crippen LogP) is 5.25. The maximum absolute atomic E-state index is 12.4. The van der Waals surface area contributed by atoms with Crippen LogP contribution in [0.4, 0.5) is 0 Å². The van der Waals surface area contributed by atoms with Crippen LogP contribution in [0.5, 0.6) is 17.2 Å². The zero-order valence-corrected chi connectivity index (χ0v) is 16.8. The van der Waals surface area contributed by atoms with Gasteiger partial charge in [-0.15, -0.1) is 0 Å². The summed E-state index contributed by atoms with van der Waals surface area (Å²) >= 11 is 0. The Morgan fingerprint density at radius 1 is 1.00 bits per heavy atom. The van der Waals surface area contributed by atoms with Gasteiger partial charge in [-0.25, -0.2) is 0 Å². The van der Waals surface area contributed by atoms with Crippen LogP contribution < -0.4 is 14.2 Å². The van der Waals surface area contributed by atoms with Gasteiger partial charge in [0.15, 0.2) is 11.5 Å². The van der Waals surface area contributed by atoms with E-state index in [-0.39, 0.29) is 11.9 Å². The number of allylic oxidation sites excluding steroid dienone is 1. The number of hydrogen-bond acceptors (Lipinski definition) is 5. The highest BCUT2D eigenvalue weighted by Gasteiger charge is 2.24. The van der Waals surface area contributed by atoms with Gasteiger partial charge in [-0.1, -0.05) is 25.3 Å². The lowest BCUT2D eigenvalue weighted by Crippen LogP contribution is -2.22. The molecule has 5 nitrogen and oxygen atoms in total. The van der Waals surface area contributed by atoms with E-state index in [1.165, 1.54) is 13.5 Å². The molecule has 0 aliphatic heterocycles. The van der Waals surface area contributed by atoms with Gasteiger partial charge in [-0.05, 0) is 66.4 Å². The second-order valence-corrected chi connectivity index (χ2v) is 7.06. The Morgan fingerprint density at radius 2 is 1.72 bits per heavy atom. The molecule has 1 saturated carbocycles. The molecular formula is C24H25NO4. The predicted molar refractivity (Wildman–Crippen MR) is 112 cm³/mol. The van der Waals surface area contributed by atoms with Crippen molar-refractivity contribution in [2.75, 3.05) is 14.2 Å². The van der Waals surface area contributed by atoms with Gasteiger partial charge in [0.25, 0.3) is 0 Å². The van der Waals surface area contributed by atoms with E-state index in [1.54, 1.807) is 25.3 Å². The Hall–Kier alpha value is -3.26. The Balaban J connectivity index is 1.80. The summed E-state index contributed by atoms with van der Waals surface area (Å²) in [5, 5.41) is 9.56. The molecule has 2 aromatic rings. The molecule has 29 heavy (non-hydrogen) atoms. The summed E-state index contributed by atoms with van der Waals surface area (Å²) in [4.78, 5) is 12.4. The average Bonchev–Trinajstić information content (AvgIpc) is 2.78. The molecule has 0 bridgehead atoms. The van der Waals surface area contributed by atoms with Crippen LogP contribution >= 0.6 is 0 Å². The van der Waals surface area contributed by atoms with E-state index in [9.17, 15) is 10.1 Å². The number of esters is 1. The van der Waals surface area contributed by atoms with Gasteiger partial charge in [-0.2, -0.15) is 5.26 Å². The van der Waals surface area contributed by atoms with Crippen molar-refractivity contribution in [3.05, 3.63) is 53.6 Å². The first-order chi connectivity index (χ1) is 14.1. The third kappa shape index (κ3) is 5.17. The van der Waals surface area contributed by atoms with Crippen LogP contribution in [0.15, 0.2) is 42.5 Å². The van der Waals surface area contributed by atoms with Gasteiger partial charge in [-0.3, -0.25) is 4.79 Å². The van der Waals surface area contributed by atoms with Gasteiger partial charge in [0.1, 0.15) is 5.75 Å². The molecule has 0 N–H and O–H groups in total. The largest absolute Gasteiger partial charge is 0.497 e. The first kappa shape index (κ1) is 20.5. The van der Waals surface area contributed by atoms with Gasteiger partial charge >= 0.3 is 5.97 Å². The second-order valence-electron chi connectivity index (χ2n) is 7.06. The van der Waals surface area contributed by atoms with Crippen LogP contribution in [-0.4, -0.2) is 20.2 Å². The van der Waals surface area contributed by atoms with E-state index in [4.69, 9.17) is 14.2 Å². The molecule has 2 aromatic carbocycles. The quantitative estimate of drug-likeness (QED) is 0.291. The topological polar surface area (TPSA) is 68.5 Å². The maximum atomic E-state index is 12.4. The van der Waals surface area contributed by atoms with Gasteiger partial charge in [0, 0.05) is 0 Å². The fourth-order valence-corrected chi connectivity index (χ4v) is 3.51. The van der Waals surface area contributed by atoms with Crippen molar-refractivity contribution < 1.29 is 19.0 Å². The molecule has 0 spiro atoms. The van der Waals surface area contributed by atoms with Crippen molar-refractivity contribution in [2.45, 2.75) is 32.1 Å². The molecule has 0 amide bonds. The summed E-state index contributed by atoms with van der Waals surface area (Å²) in [6.45, 7) is 0. The summed E-state index contributed by atoms with van der Waals surface area (Å²) in [6.07, 6.45) is 6.87. The van der Waals surface area contributed by atoms with E-state index in [2.05, 4.69) is 6.07 Å². The standard InChI is InChI=1S/C24H25NO4/c1-27-21-11-9-18(10-12-21)20(16-25)14-17-8-13-22(23(15-17)28-2)29-24(26)19-6-4-3-5-7-19/h8-15,19H,3-7H2,1-2H3/b20-14-. The van der Waals surface area contributed by atoms with Crippen molar-refractivity contribution in [3.63, 3.8) is 0 Å². The minimum absolute atomic E-state index is 0.0340. The zero-order valence-electron chi connectivity index (χ0n) is 16.8. The molecule has 1 aliphatic carbocycles. The number of benzene rings is 2. The minimum Gasteiger partial charge on any atom is -0.497 e. The monoisotopic (exact) mass is 391 g/mol. The first-order valence-corrected chi connectivity index (χ1v) is 9.80. The van der Waals surface area contributed by atoms with E-state index in [0.717, 1.165) is 42.6 Å². The lowest BCUT2D eigenvalue weighted by molar-refractivity contribution is -0.140. The van der Waals surface area contributed by atoms with E-state index in [1.807, 2.05) is 30.3 Å². The molecule has 5 heteroatoms. The minimum atomic E-state index is -0.192. The van der Waals surface area contributed by atoms with Crippen molar-refractivity contribution in [3.8, 4) is 23.3 Å². The fraction of sp³-hybridized carbons (Fsp3) is 0.333. The highest BCUT2D eigenvalue weighted by molar-refractivity contribution is 5.90. The number of methoxy groups -OCH3 is 2. The zero-order chi connectivity index (χ0) is 20.6. The molecule has 0 radical (unpaired) electrons. The third-order valence-corrected chi connectivity index (χ3v) is 5.17. The normalized spacial score (nSPS) is 14.7. The molecule has 3 rings (SSSR count). The molecular weight excluding hydrogens is 366 g/mol. The molecule has 0 atom stereocenters. The lowest BCUT2D eigenvalue weighted by Gasteiger charge is -2.20. The third-order valence-electron chi connectivity index (χ3n) is 5.17. The smallest absolute Gasteiger partial charge is 0.314 e. The summed E-state index contributed by atoms with van der Waals surface area (Å²) in [5.74, 6) is 1.38. The molecule has 1 fully saturated rings. The molecule has 0 saturated heterocycles. The van der Waals surface area contributed by atoms with E-state index in [0.29, 0.717) is 17.1 Å². The second kappa shape index (κ2) is 9.79. The van der Waals surface area contributed by atoms with E-state index >= 15 is 0 Å². The highest BCUT2D eigenvalue weighted by Crippen LogP contribution is 2.32. The van der Waals surface area contributed by atoms with Crippen LogP contribution in [0.25, 0.3) is 11.6 Å². The van der Waals surface area contributed by atoms with Gasteiger partial charge < -0.3 is 14.2 Å². The van der Waals surface area contributed by atoms with Crippen molar-refractivity contribution in [1.82, 2.24) is 0 Å². The molecule has 1 aliphatic rings. The van der Waals surface area contributed by atoms with E-state index < -0.39 is 0 Å². The van der Waals surface area contributed by atoms with Crippen LogP contribution in [0.3, 0.4) is 0 Å². The van der Waals surface area contributed by atoms with Crippen molar-refractivity contribution >= 4 is 17.6 Å². The van der Waals surface area contributed by atoms with Gasteiger partial charge in [0.05, 0.1) is 31.8 Å². The number of nitrogens with zero attached hydrogens (tertiary/aromatic N) is 1. The number of rotatable bonds is 6. The first-order valence-electron chi connectivity index (χ1n) is 9.80. The number of ether oxygens (including phenoxy) is 3. The van der Waals surface area contributed by atoms with Crippen molar-refractivity contribution in [2.24, 2.45) is 5.92 Å². The maximum Gasteiger partial charge on any atom is 0.314 e. The SMILES string of the molecule is COc1ccc(/C(C#N)=C\c2ccc(OC(=O)C3CCCCC3)c(OC)c2)cc1. The molecule has 0 heterocycles. The average molecular weight is 391 g/mol. The fourth-order valence-electron chi connectivity index (χ4n) is 3.51. The Kier molecular flexibility index (Phi) is 6.91. The van der Waals surface area contributed by atoms with Crippen LogP contribution in [-0.2, 0) is 4.79 Å². The van der Waals surface area contributed by atoms with Gasteiger partial charge in [0.2, 0.25) is 0 Å². The number of nitriles is 1. The Morgan fingerprint density at radius 3 is 2.34 bits per heavy atom. The molecule has 150 valence electrons. The summed E-state index contributed by atoms with van der Waals surface area (Å²) in [7, 11) is 3.14. The molecule has 0 unspecified atom stereocenters. The summed E-state index contributed by atoms with van der Waals surface area (Å²) in [5.41, 5.74) is 2.09. The summed E-state index contributed by atoms with van der Waals surface area (Å²) < 4.78 is 16.2. The lowest BCUT2D eigenvalue weighted by atomic mass is 9.89. The van der Waals surface area contributed by atoms with Crippen LogP contribution in [0, 0.1) is 17.2 Å². The summed E-state index contributed by atoms with van der Waals surface area (Å²) in [6, 6.07) is 14.8. The number of carbonyl (C=O) groups excluding carboxylic acids is 1. The van der Waals surface area contributed by atoms with Crippen molar-refractivity contribution in [1.29, 1.82) is 5.26 Å². The number of carbonyl (C=O) groups is 1. The molecule has 0 aromatic heterocycles. The van der Waals surface area contributed by atoms with Crippen LogP contribution in [0.1, 0.15) is 43.2 Å². The van der Waals surface area contributed by atoms with Crippen LogP contribution in [0.2, 0.25) is 0 Å². The Labute approximate surface area is 171 Å². The Bertz CT molecular complexity index is 919.